The Balaban J connectivity index is 1.59. The predicted octanol–water partition coefficient (Wildman–Crippen LogP) is 3.56. The first-order chi connectivity index (χ1) is 12.0. The largest absolute Gasteiger partial charge is 0.241 e. The second-order valence-corrected chi connectivity index (χ2v) is 8.10. The Morgan fingerprint density at radius 3 is 2.56 bits per heavy atom. The molecule has 130 valence electrons. The van der Waals surface area contributed by atoms with Crippen LogP contribution in [0.25, 0.3) is 5.69 Å². The summed E-state index contributed by atoms with van der Waals surface area (Å²) in [5.41, 5.74) is 2.16. The number of aryl methyl sites for hydroxylation is 1. The van der Waals surface area contributed by atoms with E-state index in [0.717, 1.165) is 12.0 Å². The van der Waals surface area contributed by atoms with Gasteiger partial charge in [-0.05, 0) is 42.7 Å². The van der Waals surface area contributed by atoms with E-state index in [4.69, 9.17) is 0 Å². The fourth-order valence-corrected chi connectivity index (χ4v) is 3.97. The minimum Gasteiger partial charge on any atom is -0.241 e. The quantitative estimate of drug-likeness (QED) is 0.649. The van der Waals surface area contributed by atoms with Crippen molar-refractivity contribution in [2.75, 3.05) is 5.75 Å². The van der Waals surface area contributed by atoms with E-state index < -0.39 is 9.84 Å². The van der Waals surface area contributed by atoms with Crippen molar-refractivity contribution in [3.05, 3.63) is 83.9 Å². The maximum Gasteiger partial charge on any atom is 0.156 e. The number of sulfone groups is 1. The molecule has 1 aromatic heterocycles. The van der Waals surface area contributed by atoms with E-state index >= 15 is 0 Å². The molecule has 6 heteroatoms. The van der Waals surface area contributed by atoms with E-state index in [-0.39, 0.29) is 17.3 Å². The molecular formula is C19H19FN2O2S. The zero-order chi connectivity index (χ0) is 17.7. The van der Waals surface area contributed by atoms with Crippen LogP contribution in [0.3, 0.4) is 0 Å². The molecule has 0 bridgehead atoms. The maximum atomic E-state index is 13.3. The van der Waals surface area contributed by atoms with Crippen LogP contribution in [-0.4, -0.2) is 24.0 Å². The fraction of sp³-hybridized carbons (Fsp3) is 0.211. The Hall–Kier alpha value is -2.47. The van der Waals surface area contributed by atoms with Crippen LogP contribution in [0.15, 0.2) is 66.9 Å². The summed E-state index contributed by atoms with van der Waals surface area (Å²) >= 11 is 0. The lowest BCUT2D eigenvalue weighted by atomic mass is 10.1. The molecule has 0 aliphatic carbocycles. The average Bonchev–Trinajstić information content (AvgIpc) is 3.03. The van der Waals surface area contributed by atoms with Crippen molar-refractivity contribution in [1.82, 2.24) is 9.78 Å². The van der Waals surface area contributed by atoms with E-state index in [1.165, 1.54) is 16.8 Å². The van der Waals surface area contributed by atoms with Gasteiger partial charge in [-0.2, -0.15) is 5.10 Å². The second-order valence-electron chi connectivity index (χ2n) is 5.91. The molecule has 0 saturated carbocycles. The lowest BCUT2D eigenvalue weighted by Crippen LogP contribution is -2.11. The van der Waals surface area contributed by atoms with Gasteiger partial charge in [0.15, 0.2) is 9.84 Å². The summed E-state index contributed by atoms with van der Waals surface area (Å²) in [7, 11) is -3.23. The van der Waals surface area contributed by atoms with Gasteiger partial charge in [-0.3, -0.25) is 0 Å². The Morgan fingerprint density at radius 1 is 1.00 bits per heavy atom. The number of hydrogen-bond acceptors (Lipinski definition) is 3. The summed E-state index contributed by atoms with van der Waals surface area (Å²) in [6.45, 7) is 0. The van der Waals surface area contributed by atoms with Crippen LogP contribution in [0.2, 0.25) is 0 Å². The highest BCUT2D eigenvalue weighted by Crippen LogP contribution is 2.12. The number of aromatic nitrogens is 2. The average molecular weight is 358 g/mol. The zero-order valence-corrected chi connectivity index (χ0v) is 14.5. The van der Waals surface area contributed by atoms with Gasteiger partial charge >= 0.3 is 0 Å². The van der Waals surface area contributed by atoms with E-state index in [9.17, 15) is 12.8 Å². The monoisotopic (exact) mass is 358 g/mol. The van der Waals surface area contributed by atoms with Gasteiger partial charge in [0.1, 0.15) is 5.82 Å². The van der Waals surface area contributed by atoms with Gasteiger partial charge in [0.05, 0.1) is 22.9 Å². The molecule has 1 heterocycles. The van der Waals surface area contributed by atoms with Gasteiger partial charge in [-0.25, -0.2) is 17.5 Å². The van der Waals surface area contributed by atoms with Gasteiger partial charge in [0.25, 0.3) is 0 Å². The minimum atomic E-state index is -3.23. The van der Waals surface area contributed by atoms with Crippen LogP contribution in [-0.2, 0) is 22.0 Å². The highest BCUT2D eigenvalue weighted by atomic mass is 32.2. The topological polar surface area (TPSA) is 52.0 Å². The summed E-state index contributed by atoms with van der Waals surface area (Å²) in [6, 6.07) is 17.5. The van der Waals surface area contributed by atoms with Gasteiger partial charge in [-0.1, -0.05) is 36.4 Å². The van der Waals surface area contributed by atoms with Crippen LogP contribution in [0, 0.1) is 5.82 Å². The summed E-state index contributed by atoms with van der Waals surface area (Å²) in [4.78, 5) is 0. The zero-order valence-electron chi connectivity index (χ0n) is 13.7. The Morgan fingerprint density at radius 2 is 1.80 bits per heavy atom. The summed E-state index contributed by atoms with van der Waals surface area (Å²) in [5.74, 6) is -0.346. The van der Waals surface area contributed by atoms with Gasteiger partial charge < -0.3 is 0 Å². The molecule has 0 fully saturated rings. The van der Waals surface area contributed by atoms with Crippen LogP contribution in [0.4, 0.5) is 4.39 Å². The summed E-state index contributed by atoms with van der Waals surface area (Å²) in [5, 5.41) is 4.24. The molecule has 25 heavy (non-hydrogen) atoms. The third-order valence-electron chi connectivity index (χ3n) is 3.85. The van der Waals surface area contributed by atoms with E-state index in [1.54, 1.807) is 24.4 Å². The Kier molecular flexibility index (Phi) is 5.28. The third-order valence-corrected chi connectivity index (χ3v) is 5.49. The standard InChI is InChI=1S/C19H19FN2O2S/c20-17-9-4-10-19(14-17)22-12-11-18(21-22)15-25(23,24)13-5-8-16-6-2-1-3-7-16/h1-4,6-7,9-12,14H,5,8,13,15H2. The van der Waals surface area contributed by atoms with Crippen LogP contribution < -0.4 is 0 Å². The SMILES string of the molecule is O=S(=O)(CCCc1ccccc1)Cc1ccn(-c2cccc(F)c2)n1. The smallest absolute Gasteiger partial charge is 0.156 e. The van der Waals surface area contributed by atoms with Crippen LogP contribution in [0.1, 0.15) is 17.7 Å². The number of rotatable bonds is 7. The second kappa shape index (κ2) is 7.61. The molecule has 2 aromatic carbocycles. The first-order valence-electron chi connectivity index (χ1n) is 8.07. The molecule has 0 aliphatic rings. The molecule has 0 amide bonds. The lowest BCUT2D eigenvalue weighted by Gasteiger charge is -2.04. The molecule has 0 aliphatic heterocycles. The summed E-state index contributed by atoms with van der Waals surface area (Å²) < 4.78 is 39.3. The van der Waals surface area contributed by atoms with Crippen LogP contribution >= 0.6 is 0 Å². The molecule has 3 aromatic rings. The predicted molar refractivity (Wildman–Crippen MR) is 95.8 cm³/mol. The third kappa shape index (κ3) is 5.00. The van der Waals surface area contributed by atoms with Crippen molar-refractivity contribution < 1.29 is 12.8 Å². The van der Waals surface area contributed by atoms with Gasteiger partial charge in [0.2, 0.25) is 0 Å². The number of halogens is 1. The van der Waals surface area contributed by atoms with Crippen molar-refractivity contribution >= 4 is 9.84 Å². The summed E-state index contributed by atoms with van der Waals surface area (Å²) in [6.07, 6.45) is 2.96. The molecule has 0 atom stereocenters. The number of nitrogens with zero attached hydrogens (tertiary/aromatic N) is 2. The van der Waals surface area contributed by atoms with Crippen LogP contribution in [0.5, 0.6) is 0 Å². The first kappa shape index (κ1) is 17.4. The first-order valence-corrected chi connectivity index (χ1v) is 9.89. The fourth-order valence-electron chi connectivity index (χ4n) is 2.64. The molecule has 0 unspecified atom stereocenters. The Bertz CT molecular complexity index is 937. The molecule has 3 rings (SSSR count). The Labute approximate surface area is 146 Å². The number of hydrogen-bond donors (Lipinski definition) is 0. The molecule has 0 N–H and O–H groups in total. The molecular weight excluding hydrogens is 339 g/mol. The van der Waals surface area contributed by atoms with Crippen molar-refractivity contribution in [1.29, 1.82) is 0 Å². The minimum absolute atomic E-state index is 0.107. The van der Waals surface area contributed by atoms with Gasteiger partial charge in [-0.15, -0.1) is 0 Å². The lowest BCUT2D eigenvalue weighted by molar-refractivity contribution is 0.591. The highest BCUT2D eigenvalue weighted by Gasteiger charge is 2.14. The molecule has 0 radical (unpaired) electrons. The van der Waals surface area contributed by atoms with Crippen molar-refractivity contribution in [2.45, 2.75) is 18.6 Å². The highest BCUT2D eigenvalue weighted by molar-refractivity contribution is 7.90. The maximum absolute atomic E-state index is 13.3. The van der Waals surface area contributed by atoms with E-state index in [2.05, 4.69) is 5.10 Å². The molecule has 0 saturated heterocycles. The van der Waals surface area contributed by atoms with Crippen molar-refractivity contribution in [3.8, 4) is 5.69 Å². The van der Waals surface area contributed by atoms with E-state index in [1.807, 2.05) is 30.3 Å². The van der Waals surface area contributed by atoms with E-state index in [0.29, 0.717) is 17.8 Å². The number of benzene rings is 2. The van der Waals surface area contributed by atoms with Crippen molar-refractivity contribution in [2.24, 2.45) is 0 Å². The van der Waals surface area contributed by atoms with Crippen molar-refractivity contribution in [3.63, 3.8) is 0 Å². The molecule has 0 spiro atoms. The normalized spacial score (nSPS) is 11.6. The molecule has 4 nitrogen and oxygen atoms in total. The van der Waals surface area contributed by atoms with Gasteiger partial charge in [0, 0.05) is 6.20 Å².